The predicted molar refractivity (Wildman–Crippen MR) is 107 cm³/mol. The van der Waals surface area contributed by atoms with E-state index in [9.17, 15) is 23.2 Å². The number of carbonyl (C=O) groups excluding carboxylic acids is 3. The van der Waals surface area contributed by atoms with Crippen LogP contribution in [0.4, 0.5) is 20.2 Å². The standard InChI is InChI=1S/C22H22F2N2O4/c1-3-14-6-4-5-7-19(14)26-12-15(10-20(26)27)22(29)30-13(2)21(28)25-18-9-8-16(23)11-17(18)24/h4-9,11,13,15H,3,10,12H2,1-2H3,(H,25,28)/t13-,15+/m0/s1. The zero-order valence-corrected chi connectivity index (χ0v) is 16.7. The maximum absolute atomic E-state index is 13.7. The molecule has 0 saturated carbocycles. The number of halogens is 2. The third-order valence-corrected chi connectivity index (χ3v) is 4.97. The number of amides is 2. The van der Waals surface area contributed by atoms with E-state index in [1.54, 1.807) is 4.90 Å². The Bertz CT molecular complexity index is 979. The Morgan fingerprint density at radius 1 is 1.23 bits per heavy atom. The average molecular weight is 416 g/mol. The molecule has 1 fully saturated rings. The number of anilines is 2. The van der Waals surface area contributed by atoms with Crippen LogP contribution in [0.2, 0.25) is 0 Å². The molecule has 1 aliphatic heterocycles. The smallest absolute Gasteiger partial charge is 0.312 e. The fourth-order valence-electron chi connectivity index (χ4n) is 3.32. The summed E-state index contributed by atoms with van der Waals surface area (Å²) in [5.41, 5.74) is 1.54. The number of para-hydroxylation sites is 1. The lowest BCUT2D eigenvalue weighted by molar-refractivity contribution is -0.157. The molecule has 2 atom stereocenters. The Hall–Kier alpha value is -3.29. The first-order valence-corrected chi connectivity index (χ1v) is 9.64. The third kappa shape index (κ3) is 4.64. The second-order valence-corrected chi connectivity index (χ2v) is 7.08. The van der Waals surface area contributed by atoms with Crippen LogP contribution >= 0.6 is 0 Å². The van der Waals surface area contributed by atoms with Gasteiger partial charge in [-0.25, -0.2) is 8.78 Å². The molecule has 1 aliphatic rings. The summed E-state index contributed by atoms with van der Waals surface area (Å²) in [5, 5.41) is 2.26. The summed E-state index contributed by atoms with van der Waals surface area (Å²) in [4.78, 5) is 38.7. The van der Waals surface area contributed by atoms with E-state index in [1.807, 2.05) is 31.2 Å². The van der Waals surface area contributed by atoms with Crippen molar-refractivity contribution in [2.75, 3.05) is 16.8 Å². The molecule has 1 saturated heterocycles. The van der Waals surface area contributed by atoms with E-state index < -0.39 is 35.5 Å². The molecule has 0 spiro atoms. The molecule has 3 rings (SSSR count). The van der Waals surface area contributed by atoms with E-state index in [-0.39, 0.29) is 24.6 Å². The number of aryl methyl sites for hydroxylation is 1. The highest BCUT2D eigenvalue weighted by atomic mass is 19.1. The van der Waals surface area contributed by atoms with Crippen LogP contribution in [0, 0.1) is 17.6 Å². The Labute approximate surface area is 172 Å². The molecule has 2 aromatic rings. The summed E-state index contributed by atoms with van der Waals surface area (Å²) in [5.74, 6) is -4.05. The van der Waals surface area contributed by atoms with E-state index in [4.69, 9.17) is 4.74 Å². The lowest BCUT2D eigenvalue weighted by atomic mass is 10.1. The molecule has 1 heterocycles. The van der Waals surface area contributed by atoms with Gasteiger partial charge >= 0.3 is 5.97 Å². The number of esters is 1. The van der Waals surface area contributed by atoms with E-state index in [0.717, 1.165) is 29.8 Å². The lowest BCUT2D eigenvalue weighted by Crippen LogP contribution is -2.33. The fraction of sp³-hybridized carbons (Fsp3) is 0.318. The second kappa shape index (κ2) is 9.02. The zero-order valence-electron chi connectivity index (χ0n) is 16.7. The first kappa shape index (κ1) is 21.4. The molecule has 8 heteroatoms. The van der Waals surface area contributed by atoms with E-state index in [1.165, 1.54) is 6.92 Å². The van der Waals surface area contributed by atoms with E-state index in [0.29, 0.717) is 6.07 Å². The Morgan fingerprint density at radius 3 is 2.67 bits per heavy atom. The van der Waals surface area contributed by atoms with Crippen molar-refractivity contribution in [2.24, 2.45) is 5.92 Å². The minimum Gasteiger partial charge on any atom is -0.452 e. The Kier molecular flexibility index (Phi) is 6.44. The first-order chi connectivity index (χ1) is 14.3. The van der Waals surface area contributed by atoms with Gasteiger partial charge in [-0.1, -0.05) is 25.1 Å². The van der Waals surface area contributed by atoms with Crippen molar-refractivity contribution in [1.82, 2.24) is 0 Å². The summed E-state index contributed by atoms with van der Waals surface area (Å²) in [6.45, 7) is 3.49. The van der Waals surface area contributed by atoms with Crippen LogP contribution in [0.5, 0.6) is 0 Å². The molecule has 0 bridgehead atoms. The number of rotatable bonds is 6. The largest absolute Gasteiger partial charge is 0.452 e. The van der Waals surface area contributed by atoms with Gasteiger partial charge in [-0.3, -0.25) is 14.4 Å². The minimum atomic E-state index is -1.21. The van der Waals surface area contributed by atoms with Crippen LogP contribution in [-0.2, 0) is 25.5 Å². The van der Waals surface area contributed by atoms with Crippen molar-refractivity contribution < 1.29 is 27.9 Å². The third-order valence-electron chi connectivity index (χ3n) is 4.97. The number of hydrogen-bond donors (Lipinski definition) is 1. The number of carbonyl (C=O) groups is 3. The highest BCUT2D eigenvalue weighted by Crippen LogP contribution is 2.29. The van der Waals surface area contributed by atoms with Crippen LogP contribution in [0.25, 0.3) is 0 Å². The molecule has 0 radical (unpaired) electrons. The van der Waals surface area contributed by atoms with Crippen molar-refractivity contribution in [3.63, 3.8) is 0 Å². The van der Waals surface area contributed by atoms with Crippen LogP contribution in [-0.4, -0.2) is 30.4 Å². The van der Waals surface area contributed by atoms with E-state index in [2.05, 4.69) is 5.32 Å². The van der Waals surface area contributed by atoms with Crippen LogP contribution in [0.3, 0.4) is 0 Å². The molecule has 158 valence electrons. The number of hydrogen-bond acceptors (Lipinski definition) is 4. The maximum atomic E-state index is 13.7. The summed E-state index contributed by atoms with van der Waals surface area (Å²) < 4.78 is 31.8. The van der Waals surface area contributed by atoms with E-state index >= 15 is 0 Å². The van der Waals surface area contributed by atoms with Gasteiger partial charge in [-0.2, -0.15) is 0 Å². The van der Waals surface area contributed by atoms with Crippen molar-refractivity contribution in [1.29, 1.82) is 0 Å². The van der Waals surface area contributed by atoms with Crippen LogP contribution in [0.1, 0.15) is 25.8 Å². The lowest BCUT2D eigenvalue weighted by Gasteiger charge is -2.20. The summed E-state index contributed by atoms with van der Waals surface area (Å²) in [6, 6.07) is 10.2. The summed E-state index contributed by atoms with van der Waals surface area (Å²) >= 11 is 0. The normalized spacial score (nSPS) is 17.0. The SMILES string of the molecule is CCc1ccccc1N1C[C@H](C(=O)O[C@@H](C)C(=O)Nc2ccc(F)cc2F)CC1=O. The van der Waals surface area contributed by atoms with Gasteiger partial charge in [-0.05, 0) is 37.1 Å². The number of nitrogens with zero attached hydrogens (tertiary/aromatic N) is 1. The molecule has 2 aromatic carbocycles. The van der Waals surface area contributed by atoms with Crippen molar-refractivity contribution in [3.05, 3.63) is 59.7 Å². The van der Waals surface area contributed by atoms with Gasteiger partial charge in [0.2, 0.25) is 5.91 Å². The van der Waals surface area contributed by atoms with Crippen molar-refractivity contribution in [3.8, 4) is 0 Å². The fourth-order valence-corrected chi connectivity index (χ4v) is 3.32. The van der Waals surface area contributed by atoms with Crippen LogP contribution in [0.15, 0.2) is 42.5 Å². The monoisotopic (exact) mass is 416 g/mol. The van der Waals surface area contributed by atoms with Gasteiger partial charge in [0.1, 0.15) is 11.6 Å². The van der Waals surface area contributed by atoms with Crippen LogP contribution < -0.4 is 10.2 Å². The molecule has 2 amide bonds. The minimum absolute atomic E-state index is 0.0161. The second-order valence-electron chi connectivity index (χ2n) is 7.08. The number of nitrogens with one attached hydrogen (secondary N) is 1. The van der Waals surface area contributed by atoms with Gasteiger partial charge < -0.3 is 15.0 Å². The predicted octanol–water partition coefficient (Wildman–Crippen LogP) is 3.45. The zero-order chi connectivity index (χ0) is 21.8. The molecule has 6 nitrogen and oxygen atoms in total. The first-order valence-electron chi connectivity index (χ1n) is 9.64. The van der Waals surface area contributed by atoms with Gasteiger partial charge in [0.25, 0.3) is 5.91 Å². The summed E-state index contributed by atoms with van der Waals surface area (Å²) in [7, 11) is 0. The van der Waals surface area contributed by atoms with Gasteiger partial charge in [0, 0.05) is 24.7 Å². The molecule has 0 aromatic heterocycles. The molecule has 0 unspecified atom stereocenters. The Balaban J connectivity index is 1.61. The molecule has 1 N–H and O–H groups in total. The highest BCUT2D eigenvalue weighted by Gasteiger charge is 2.37. The van der Waals surface area contributed by atoms with Gasteiger partial charge in [-0.15, -0.1) is 0 Å². The molecule has 0 aliphatic carbocycles. The topological polar surface area (TPSA) is 75.7 Å². The molecule has 30 heavy (non-hydrogen) atoms. The number of benzene rings is 2. The van der Waals surface area contributed by atoms with Gasteiger partial charge in [0.15, 0.2) is 6.10 Å². The molecular formula is C22H22F2N2O4. The average Bonchev–Trinajstić information content (AvgIpc) is 3.11. The number of ether oxygens (including phenoxy) is 1. The molecular weight excluding hydrogens is 394 g/mol. The highest BCUT2D eigenvalue weighted by molar-refractivity contribution is 6.01. The Morgan fingerprint density at radius 2 is 1.97 bits per heavy atom. The van der Waals surface area contributed by atoms with Crippen molar-refractivity contribution >= 4 is 29.2 Å². The maximum Gasteiger partial charge on any atom is 0.312 e. The summed E-state index contributed by atoms with van der Waals surface area (Å²) in [6.07, 6.45) is -0.488. The van der Waals surface area contributed by atoms with Gasteiger partial charge in [0.05, 0.1) is 11.6 Å². The quantitative estimate of drug-likeness (QED) is 0.732. The van der Waals surface area contributed by atoms with Crippen molar-refractivity contribution in [2.45, 2.75) is 32.8 Å².